The van der Waals surface area contributed by atoms with Crippen LogP contribution in [-0.2, 0) is 0 Å². The number of allylic oxidation sites excluding steroid dienone is 1. The largest absolute Gasteiger partial charge is 0.358 e. The molecule has 0 rings (SSSR count). The molecule has 0 bridgehead atoms. The lowest BCUT2D eigenvalue weighted by molar-refractivity contribution is 0.447. The minimum absolute atomic E-state index is 0.298. The van der Waals surface area contributed by atoms with Crippen molar-refractivity contribution < 1.29 is 0 Å². The molecule has 0 N–H and O–H groups in total. The summed E-state index contributed by atoms with van der Waals surface area (Å²) in [4.78, 5) is 1.92. The first-order valence-electron chi connectivity index (χ1n) is 5.33. The third kappa shape index (κ3) is 3.98. The first-order chi connectivity index (χ1) is 6.89. The Balaban J connectivity index is 4.84. The summed E-state index contributed by atoms with van der Waals surface area (Å²) in [6, 6.07) is 0. The summed E-state index contributed by atoms with van der Waals surface area (Å²) >= 11 is 4.36. The molecule has 0 aromatic rings. The second-order valence-corrected chi connectivity index (χ2v) is 4.60. The fourth-order valence-corrected chi connectivity index (χ4v) is 2.20. The summed E-state index contributed by atoms with van der Waals surface area (Å²) in [6.45, 7) is 9.99. The summed E-state index contributed by atoms with van der Waals surface area (Å²) < 4.78 is 0. The van der Waals surface area contributed by atoms with Crippen molar-refractivity contribution in [3.8, 4) is 0 Å². The van der Waals surface area contributed by atoms with Gasteiger partial charge in [-0.15, -0.1) is 0 Å². The lowest BCUT2D eigenvalue weighted by Crippen LogP contribution is -2.24. The minimum atomic E-state index is -0.298. The summed E-state index contributed by atoms with van der Waals surface area (Å²) in [5.74, 6) is 1.21. The van der Waals surface area contributed by atoms with E-state index in [-0.39, 0.29) is 5.31 Å². The third-order valence-corrected chi connectivity index (χ3v) is 3.54. The zero-order valence-corrected chi connectivity index (χ0v) is 11.2. The zero-order chi connectivity index (χ0) is 12.1. The van der Waals surface area contributed by atoms with E-state index >= 15 is 0 Å². The van der Waals surface area contributed by atoms with Crippen LogP contribution in [0.4, 0.5) is 0 Å². The number of hydrogen-bond donors (Lipinski definition) is 1. The van der Waals surface area contributed by atoms with Crippen molar-refractivity contribution in [3.05, 3.63) is 24.6 Å². The van der Waals surface area contributed by atoms with E-state index in [9.17, 15) is 0 Å². The minimum Gasteiger partial charge on any atom is -0.358 e. The maximum Gasteiger partial charge on any atom is 0.0807 e. The average Bonchev–Trinajstić information content (AvgIpc) is 2.18. The van der Waals surface area contributed by atoms with Crippen LogP contribution in [-0.4, -0.2) is 25.5 Å². The molecule has 0 heterocycles. The van der Waals surface area contributed by atoms with Gasteiger partial charge < -0.3 is 4.90 Å². The Morgan fingerprint density at radius 1 is 1.67 bits per heavy atom. The number of rotatable bonds is 6. The predicted molar refractivity (Wildman–Crippen MR) is 73.5 cm³/mol. The molecule has 0 aromatic carbocycles. The number of thiol groups is 1. The summed E-state index contributed by atoms with van der Waals surface area (Å²) in [5.41, 5.74) is 1.16. The fraction of sp³-hybridized carbons (Fsp3) is 0.667. The summed E-state index contributed by atoms with van der Waals surface area (Å²) in [6.07, 6.45) is 4.83. The Bertz CT molecular complexity index is 232. The van der Waals surface area contributed by atoms with Gasteiger partial charge >= 0.3 is 0 Å². The highest BCUT2D eigenvalue weighted by Gasteiger charge is 2.28. The van der Waals surface area contributed by atoms with Gasteiger partial charge in [-0.25, -0.2) is 0 Å². The summed E-state index contributed by atoms with van der Waals surface area (Å²) in [5, 5.41) is -0.298. The highest BCUT2D eigenvalue weighted by atomic mass is 32.1. The van der Waals surface area contributed by atoms with Gasteiger partial charge in [0.1, 0.15) is 0 Å². The fourth-order valence-electron chi connectivity index (χ4n) is 1.56. The van der Waals surface area contributed by atoms with Gasteiger partial charge in [-0.3, -0.25) is 0 Å². The van der Waals surface area contributed by atoms with E-state index in [1.807, 2.05) is 18.1 Å². The molecule has 0 saturated carbocycles. The van der Waals surface area contributed by atoms with Crippen LogP contribution < -0.4 is 0 Å². The quantitative estimate of drug-likeness (QED) is 0.534. The highest BCUT2D eigenvalue weighted by Crippen LogP contribution is 2.41. The van der Waals surface area contributed by atoms with E-state index in [1.54, 1.807) is 6.20 Å². The molecule has 15 heavy (non-hydrogen) atoms. The van der Waals surface area contributed by atoms with E-state index in [0.29, 0.717) is 5.92 Å². The van der Waals surface area contributed by atoms with E-state index in [0.717, 1.165) is 17.7 Å². The van der Waals surface area contributed by atoms with Crippen LogP contribution in [0, 0.1) is 5.92 Å². The molecule has 2 atom stereocenters. The molecule has 2 unspecified atom stereocenters. The van der Waals surface area contributed by atoms with Crippen molar-refractivity contribution >= 4 is 20.5 Å². The molecule has 0 aliphatic rings. The van der Waals surface area contributed by atoms with Gasteiger partial charge in [-0.1, -0.05) is 32.4 Å². The Kier molecular flexibility index (Phi) is 6.19. The normalized spacial score (nSPS) is 18.1. The second kappa shape index (κ2) is 6.31. The number of hydrogen-bond acceptors (Lipinski definition) is 2. The monoisotopic (exact) mass is 223 g/mol. The third-order valence-electron chi connectivity index (χ3n) is 3.10. The van der Waals surface area contributed by atoms with Crippen LogP contribution in [0.5, 0.6) is 0 Å². The maximum atomic E-state index is 6.35. The van der Waals surface area contributed by atoms with E-state index in [4.69, 9.17) is 7.85 Å². The Hall–Kier alpha value is -0.305. The van der Waals surface area contributed by atoms with Gasteiger partial charge in [0.25, 0.3) is 0 Å². The van der Waals surface area contributed by atoms with Gasteiger partial charge in [0.15, 0.2) is 0 Å². The molecule has 0 saturated heterocycles. The van der Waals surface area contributed by atoms with E-state index in [1.165, 1.54) is 0 Å². The van der Waals surface area contributed by atoms with Crippen molar-refractivity contribution in [3.63, 3.8) is 0 Å². The summed E-state index contributed by atoms with van der Waals surface area (Å²) in [7, 11) is 8.30. The van der Waals surface area contributed by atoms with Crippen molar-refractivity contribution in [1.82, 2.24) is 4.90 Å². The molecular formula is C12H22BNS. The smallest absolute Gasteiger partial charge is 0.0807 e. The Labute approximate surface area is 101 Å². The van der Waals surface area contributed by atoms with Gasteiger partial charge in [0, 0.05) is 13.2 Å². The molecule has 3 heteroatoms. The lowest BCUT2D eigenvalue weighted by Gasteiger charge is -2.35. The molecule has 0 amide bonds. The van der Waals surface area contributed by atoms with Gasteiger partial charge in [-0.2, -0.15) is 12.6 Å². The predicted octanol–water partition coefficient (Wildman–Crippen LogP) is 3.27. The molecule has 1 nitrogen and oxygen atoms in total. The van der Waals surface area contributed by atoms with Crippen molar-refractivity contribution in [2.45, 2.75) is 32.5 Å². The molecular weight excluding hydrogens is 201 g/mol. The second-order valence-electron chi connectivity index (χ2n) is 4.23. The van der Waals surface area contributed by atoms with Crippen LogP contribution in [0.25, 0.3) is 0 Å². The standard InChI is InChI=1S/C12H22BNS/c1-6-11(9-15)12(4,13)10(3)8-14(5)7-2/h7-8,11,15H,2,6,9H2,1,3-5H3/b10-8+. The van der Waals surface area contributed by atoms with E-state index in [2.05, 4.69) is 40.0 Å². The molecule has 2 radical (unpaired) electrons. The van der Waals surface area contributed by atoms with Crippen LogP contribution in [0.1, 0.15) is 27.2 Å². The Morgan fingerprint density at radius 2 is 2.20 bits per heavy atom. The first kappa shape index (κ1) is 14.7. The topological polar surface area (TPSA) is 3.24 Å². The van der Waals surface area contributed by atoms with Crippen LogP contribution in [0.15, 0.2) is 24.6 Å². The molecule has 0 aliphatic carbocycles. The zero-order valence-electron chi connectivity index (χ0n) is 10.3. The van der Waals surface area contributed by atoms with Crippen LogP contribution in [0.2, 0.25) is 5.31 Å². The molecule has 0 aromatic heterocycles. The average molecular weight is 223 g/mol. The SMILES string of the molecule is [B]C(C)(/C(C)=C/N(C)C=C)C(CC)CS. The van der Waals surface area contributed by atoms with Crippen LogP contribution >= 0.6 is 12.6 Å². The van der Waals surface area contributed by atoms with Crippen molar-refractivity contribution in [2.24, 2.45) is 5.92 Å². The van der Waals surface area contributed by atoms with Crippen molar-refractivity contribution in [1.29, 1.82) is 0 Å². The van der Waals surface area contributed by atoms with Gasteiger partial charge in [-0.05, 0) is 30.1 Å². The van der Waals surface area contributed by atoms with Gasteiger partial charge in [0.2, 0.25) is 0 Å². The van der Waals surface area contributed by atoms with Crippen LogP contribution in [0.3, 0.4) is 0 Å². The molecule has 84 valence electrons. The Morgan fingerprint density at radius 3 is 2.53 bits per heavy atom. The first-order valence-corrected chi connectivity index (χ1v) is 5.96. The van der Waals surface area contributed by atoms with Crippen molar-refractivity contribution in [2.75, 3.05) is 12.8 Å². The maximum absolute atomic E-state index is 6.35. The highest BCUT2D eigenvalue weighted by molar-refractivity contribution is 7.80. The molecule has 0 fully saturated rings. The van der Waals surface area contributed by atoms with Gasteiger partial charge in [0.05, 0.1) is 7.85 Å². The molecule has 0 aliphatic heterocycles. The number of nitrogens with zero attached hydrogens (tertiary/aromatic N) is 1. The van der Waals surface area contributed by atoms with E-state index < -0.39 is 0 Å². The lowest BCUT2D eigenvalue weighted by atomic mass is 9.58. The molecule has 0 spiro atoms.